The molecule has 0 bridgehead atoms. The Morgan fingerprint density at radius 3 is 2.76 bits per heavy atom. The van der Waals surface area contributed by atoms with Crippen LogP contribution in [0.1, 0.15) is 25.3 Å². The van der Waals surface area contributed by atoms with Crippen molar-refractivity contribution in [2.45, 2.75) is 19.8 Å². The molecule has 0 radical (unpaired) electrons. The highest BCUT2D eigenvalue weighted by molar-refractivity contribution is 6.18. The molecule has 1 aromatic carbocycles. The van der Waals surface area contributed by atoms with Gasteiger partial charge in [-0.3, -0.25) is 10.1 Å². The summed E-state index contributed by atoms with van der Waals surface area (Å²) < 4.78 is 5.12. The van der Waals surface area contributed by atoms with Gasteiger partial charge in [-0.05, 0) is 19.4 Å². The van der Waals surface area contributed by atoms with Crippen molar-refractivity contribution in [3.63, 3.8) is 0 Å². The molecule has 1 unspecified atom stereocenters. The highest BCUT2D eigenvalue weighted by atomic mass is 35.5. The first-order valence-electron chi connectivity index (χ1n) is 7.46. The first kappa shape index (κ1) is 18.5. The number of benzene rings is 1. The van der Waals surface area contributed by atoms with E-state index in [0.29, 0.717) is 22.5 Å². The third-order valence-corrected chi connectivity index (χ3v) is 3.98. The van der Waals surface area contributed by atoms with Gasteiger partial charge in [0.05, 0.1) is 33.9 Å². The van der Waals surface area contributed by atoms with Gasteiger partial charge in [-0.15, -0.1) is 11.6 Å². The molecule has 0 saturated carbocycles. The quantitative estimate of drug-likeness (QED) is 0.374. The van der Waals surface area contributed by atoms with Crippen molar-refractivity contribution in [1.82, 2.24) is 5.32 Å². The summed E-state index contributed by atoms with van der Waals surface area (Å²) in [5.41, 5.74) is 2.04. The number of esters is 1. The fourth-order valence-corrected chi connectivity index (χ4v) is 2.85. The average molecular weight is 362 g/mol. The normalized spacial score (nSPS) is 17.0. The third-order valence-electron chi connectivity index (χ3n) is 3.83. The van der Waals surface area contributed by atoms with Crippen molar-refractivity contribution < 1.29 is 14.5 Å². The molecule has 1 N–H and O–H groups in total. The monoisotopic (exact) mass is 361 g/mol. The van der Waals surface area contributed by atoms with Gasteiger partial charge in [-0.1, -0.05) is 12.1 Å². The lowest BCUT2D eigenvalue weighted by molar-refractivity contribution is -0.384. The molecule has 0 saturated heterocycles. The van der Waals surface area contributed by atoms with E-state index in [-0.39, 0.29) is 23.7 Å². The molecule has 0 amide bonds. The molecular weight excluding hydrogens is 346 g/mol. The Kier molecular flexibility index (Phi) is 5.78. The Balaban J connectivity index is 2.59. The maximum absolute atomic E-state index is 12.5. The number of non-ortho nitro benzene ring substituents is 1. The van der Waals surface area contributed by atoms with Crippen LogP contribution in [0, 0.1) is 21.4 Å². The lowest BCUT2D eigenvalue weighted by Crippen LogP contribution is -2.29. The summed E-state index contributed by atoms with van der Waals surface area (Å²) in [6.45, 7) is 3.44. The summed E-state index contributed by atoms with van der Waals surface area (Å²) in [6, 6.07) is 7.99. The van der Waals surface area contributed by atoms with E-state index in [2.05, 4.69) is 11.4 Å². The van der Waals surface area contributed by atoms with E-state index in [9.17, 15) is 20.2 Å². The van der Waals surface area contributed by atoms with Gasteiger partial charge in [0.2, 0.25) is 0 Å². The number of allylic oxidation sites excluding steroid dienone is 3. The van der Waals surface area contributed by atoms with E-state index in [4.69, 9.17) is 16.3 Å². The Morgan fingerprint density at radius 1 is 1.44 bits per heavy atom. The topological polar surface area (TPSA) is 105 Å². The summed E-state index contributed by atoms with van der Waals surface area (Å²) >= 11 is 5.56. The summed E-state index contributed by atoms with van der Waals surface area (Å²) in [5.74, 6) is -1.20. The van der Waals surface area contributed by atoms with Crippen LogP contribution in [0.15, 0.2) is 46.8 Å². The van der Waals surface area contributed by atoms with Crippen LogP contribution in [0.4, 0.5) is 5.69 Å². The second-order valence-corrected chi connectivity index (χ2v) is 5.80. The maximum Gasteiger partial charge on any atom is 0.336 e. The molecule has 1 aliphatic rings. The molecule has 1 atom stereocenters. The second kappa shape index (κ2) is 7.81. The highest BCUT2D eigenvalue weighted by Crippen LogP contribution is 2.39. The average Bonchev–Trinajstić information content (AvgIpc) is 2.59. The molecule has 7 nitrogen and oxygen atoms in total. The summed E-state index contributed by atoms with van der Waals surface area (Å²) in [7, 11) is 0. The molecule has 8 heteroatoms. The van der Waals surface area contributed by atoms with Gasteiger partial charge in [0.15, 0.2) is 0 Å². The predicted molar refractivity (Wildman–Crippen MR) is 91.7 cm³/mol. The number of carbonyl (C=O) groups is 1. The Bertz CT molecular complexity index is 823. The van der Waals surface area contributed by atoms with Gasteiger partial charge in [-0.2, -0.15) is 5.26 Å². The number of ether oxygens (including phenoxy) is 1. The van der Waals surface area contributed by atoms with Gasteiger partial charge < -0.3 is 10.1 Å². The number of dihydropyridines is 1. The largest absolute Gasteiger partial charge is 0.461 e. The number of rotatable bonds is 5. The van der Waals surface area contributed by atoms with Crippen molar-refractivity contribution >= 4 is 23.3 Å². The zero-order chi connectivity index (χ0) is 18.6. The van der Waals surface area contributed by atoms with E-state index in [1.54, 1.807) is 19.9 Å². The van der Waals surface area contributed by atoms with Crippen LogP contribution in [0.5, 0.6) is 0 Å². The molecule has 0 aliphatic carbocycles. The smallest absolute Gasteiger partial charge is 0.336 e. The number of hydrogen-bond acceptors (Lipinski definition) is 6. The van der Waals surface area contributed by atoms with Gasteiger partial charge in [0, 0.05) is 23.5 Å². The number of halogens is 1. The number of carbonyl (C=O) groups excluding carboxylic acids is 1. The van der Waals surface area contributed by atoms with E-state index in [1.807, 2.05) is 0 Å². The fourth-order valence-electron chi connectivity index (χ4n) is 2.77. The molecule has 0 fully saturated rings. The van der Waals surface area contributed by atoms with Crippen molar-refractivity contribution in [3.05, 3.63) is 62.5 Å². The molecule has 2 rings (SSSR count). The van der Waals surface area contributed by atoms with Crippen LogP contribution >= 0.6 is 11.6 Å². The Labute approximate surface area is 149 Å². The van der Waals surface area contributed by atoms with Crippen LogP contribution in [0.2, 0.25) is 0 Å². The predicted octanol–water partition coefficient (Wildman–Crippen LogP) is 3.14. The summed E-state index contributed by atoms with van der Waals surface area (Å²) in [6.07, 6.45) is 0. The van der Waals surface area contributed by atoms with Crippen LogP contribution in [0.25, 0.3) is 0 Å². The van der Waals surface area contributed by atoms with Gasteiger partial charge in [0.25, 0.3) is 5.69 Å². The SMILES string of the molecule is CC1=C(C#N)C(c2cccc([N+](=O)[O-])c2)C(C(=O)OCCCl)=C(C)N1. The van der Waals surface area contributed by atoms with E-state index in [0.717, 1.165) is 0 Å². The molecular formula is C17H16ClN3O4. The minimum Gasteiger partial charge on any atom is -0.461 e. The third kappa shape index (κ3) is 3.80. The van der Waals surface area contributed by atoms with E-state index >= 15 is 0 Å². The first-order chi connectivity index (χ1) is 11.9. The lowest BCUT2D eigenvalue weighted by atomic mass is 9.81. The summed E-state index contributed by atoms with van der Waals surface area (Å²) in [5, 5.41) is 23.6. The maximum atomic E-state index is 12.5. The molecule has 0 aromatic heterocycles. The number of nitrogens with one attached hydrogen (secondary N) is 1. The number of nitro groups is 1. The number of hydrogen-bond donors (Lipinski definition) is 1. The fraction of sp³-hybridized carbons (Fsp3) is 0.294. The first-order valence-corrected chi connectivity index (χ1v) is 8.00. The zero-order valence-electron chi connectivity index (χ0n) is 13.7. The van der Waals surface area contributed by atoms with Gasteiger partial charge in [-0.25, -0.2) is 4.79 Å². The number of alkyl halides is 1. The number of nitriles is 1. The van der Waals surface area contributed by atoms with Crippen molar-refractivity contribution in [3.8, 4) is 6.07 Å². The highest BCUT2D eigenvalue weighted by Gasteiger charge is 2.34. The molecule has 1 aliphatic heterocycles. The van der Waals surface area contributed by atoms with Crippen molar-refractivity contribution in [1.29, 1.82) is 5.26 Å². The summed E-state index contributed by atoms with van der Waals surface area (Å²) in [4.78, 5) is 23.0. The van der Waals surface area contributed by atoms with Crippen LogP contribution in [-0.4, -0.2) is 23.4 Å². The Morgan fingerprint density at radius 2 is 2.16 bits per heavy atom. The molecule has 1 heterocycles. The van der Waals surface area contributed by atoms with Crippen LogP contribution < -0.4 is 5.32 Å². The number of nitrogens with zero attached hydrogens (tertiary/aromatic N) is 2. The van der Waals surface area contributed by atoms with Gasteiger partial charge >= 0.3 is 5.97 Å². The lowest BCUT2D eigenvalue weighted by Gasteiger charge is -2.28. The van der Waals surface area contributed by atoms with E-state index < -0.39 is 16.8 Å². The molecule has 130 valence electrons. The molecule has 25 heavy (non-hydrogen) atoms. The van der Waals surface area contributed by atoms with Crippen LogP contribution in [-0.2, 0) is 9.53 Å². The second-order valence-electron chi connectivity index (χ2n) is 5.42. The van der Waals surface area contributed by atoms with Crippen LogP contribution in [0.3, 0.4) is 0 Å². The van der Waals surface area contributed by atoms with Crippen molar-refractivity contribution in [2.24, 2.45) is 0 Å². The van der Waals surface area contributed by atoms with Crippen molar-refractivity contribution in [2.75, 3.05) is 12.5 Å². The molecule has 1 aromatic rings. The van der Waals surface area contributed by atoms with Gasteiger partial charge in [0.1, 0.15) is 6.61 Å². The number of nitro benzene ring substituents is 1. The molecule has 0 spiro atoms. The Hall–Kier alpha value is -2.85. The minimum atomic E-state index is -0.742. The van der Waals surface area contributed by atoms with E-state index in [1.165, 1.54) is 18.2 Å². The zero-order valence-corrected chi connectivity index (χ0v) is 14.5. The standard InChI is InChI=1S/C17H16ClN3O4/c1-10-14(9-19)16(12-4-3-5-13(8-12)21(23)24)15(11(2)20-10)17(22)25-7-6-18/h3-5,8,16,20H,6-7H2,1-2H3. The minimum absolute atomic E-state index is 0.0312.